The topological polar surface area (TPSA) is 52.5 Å². The van der Waals surface area contributed by atoms with E-state index < -0.39 is 0 Å². The first kappa shape index (κ1) is 16.1. The maximum Gasteiger partial charge on any atom is 0.231 e. The van der Waals surface area contributed by atoms with Gasteiger partial charge >= 0.3 is 0 Å². The summed E-state index contributed by atoms with van der Waals surface area (Å²) in [6.07, 6.45) is 5.02. The number of carbonyl (C=O) groups excluding carboxylic acids is 1. The normalized spacial score (nSPS) is 16.4. The Morgan fingerprint density at radius 2 is 1.92 bits per heavy atom. The number of aromatic nitrogens is 1. The summed E-state index contributed by atoms with van der Waals surface area (Å²) in [7, 11) is 0. The van der Waals surface area contributed by atoms with E-state index in [4.69, 9.17) is 9.47 Å². The number of Topliss-reactive ketones (excluding diaryl/α,β-unsaturated/α-hetero) is 1. The highest BCUT2D eigenvalue weighted by atomic mass is 16.7. The Hall–Kier alpha value is -2.43. The van der Waals surface area contributed by atoms with Crippen LogP contribution < -0.4 is 14.8 Å². The molecule has 2 heterocycles. The summed E-state index contributed by atoms with van der Waals surface area (Å²) >= 11 is 0. The van der Waals surface area contributed by atoms with Crippen LogP contribution in [0.2, 0.25) is 0 Å². The summed E-state index contributed by atoms with van der Waals surface area (Å²) in [5.74, 6) is 1.59. The van der Waals surface area contributed by atoms with E-state index in [1.807, 2.05) is 24.3 Å². The van der Waals surface area contributed by atoms with Gasteiger partial charge in [-0.1, -0.05) is 12.8 Å². The number of carbonyl (C=O) groups is 1. The average molecular weight is 340 g/mol. The zero-order valence-corrected chi connectivity index (χ0v) is 14.8. The fourth-order valence-corrected chi connectivity index (χ4v) is 4.07. The van der Waals surface area contributed by atoms with Gasteiger partial charge in [0.25, 0.3) is 0 Å². The van der Waals surface area contributed by atoms with E-state index in [2.05, 4.69) is 23.7 Å². The molecule has 2 aromatic rings. The highest BCUT2D eigenvalue weighted by Crippen LogP contribution is 2.35. The second-order valence-electron chi connectivity index (χ2n) is 6.94. The number of nitrogens with zero attached hydrogens (tertiary/aromatic N) is 1. The number of ketones is 1. The number of benzene rings is 1. The minimum Gasteiger partial charge on any atom is -0.454 e. The van der Waals surface area contributed by atoms with Crippen LogP contribution in [0, 0.1) is 13.8 Å². The highest BCUT2D eigenvalue weighted by molar-refractivity contribution is 6.00. The molecule has 5 heteroatoms. The lowest BCUT2D eigenvalue weighted by Crippen LogP contribution is -2.15. The van der Waals surface area contributed by atoms with Crippen molar-refractivity contribution in [2.75, 3.05) is 18.7 Å². The van der Waals surface area contributed by atoms with Gasteiger partial charge in [-0.05, 0) is 44.9 Å². The van der Waals surface area contributed by atoms with Crippen molar-refractivity contribution in [1.29, 1.82) is 0 Å². The van der Waals surface area contributed by atoms with Gasteiger partial charge in [0.15, 0.2) is 17.3 Å². The zero-order chi connectivity index (χ0) is 17.4. The monoisotopic (exact) mass is 340 g/mol. The van der Waals surface area contributed by atoms with E-state index in [1.165, 1.54) is 31.4 Å². The molecule has 132 valence electrons. The summed E-state index contributed by atoms with van der Waals surface area (Å²) in [4.78, 5) is 12.7. The van der Waals surface area contributed by atoms with E-state index in [-0.39, 0.29) is 19.1 Å². The molecular weight excluding hydrogens is 316 g/mol. The third kappa shape index (κ3) is 2.99. The SMILES string of the molecule is Cc1cc(C(=O)CNc2ccc3c(c2)OCO3)c(C)n1C1CCCC1. The average Bonchev–Trinajstić information content (AvgIpc) is 3.32. The Labute approximate surface area is 147 Å². The Morgan fingerprint density at radius 3 is 2.72 bits per heavy atom. The van der Waals surface area contributed by atoms with Gasteiger partial charge in [-0.25, -0.2) is 0 Å². The van der Waals surface area contributed by atoms with Crippen LogP contribution in [0.5, 0.6) is 11.5 Å². The van der Waals surface area contributed by atoms with E-state index in [9.17, 15) is 4.79 Å². The quantitative estimate of drug-likeness (QED) is 0.827. The lowest BCUT2D eigenvalue weighted by atomic mass is 10.1. The number of rotatable bonds is 5. The van der Waals surface area contributed by atoms with E-state index >= 15 is 0 Å². The lowest BCUT2D eigenvalue weighted by Gasteiger charge is -2.17. The van der Waals surface area contributed by atoms with Crippen LogP contribution in [0.15, 0.2) is 24.3 Å². The molecule has 1 aromatic carbocycles. The van der Waals surface area contributed by atoms with Crippen LogP contribution in [-0.2, 0) is 0 Å². The van der Waals surface area contributed by atoms with Crippen molar-refractivity contribution < 1.29 is 14.3 Å². The molecule has 0 atom stereocenters. The molecule has 1 fully saturated rings. The van der Waals surface area contributed by atoms with Gasteiger partial charge in [0.2, 0.25) is 6.79 Å². The van der Waals surface area contributed by atoms with Crippen molar-refractivity contribution in [1.82, 2.24) is 4.57 Å². The molecule has 1 saturated carbocycles. The highest BCUT2D eigenvalue weighted by Gasteiger charge is 2.23. The molecule has 5 nitrogen and oxygen atoms in total. The van der Waals surface area contributed by atoms with Gasteiger partial charge in [-0.2, -0.15) is 0 Å². The first-order chi connectivity index (χ1) is 12.1. The van der Waals surface area contributed by atoms with E-state index in [0.717, 1.165) is 28.4 Å². The van der Waals surface area contributed by atoms with E-state index in [0.29, 0.717) is 6.04 Å². The predicted octanol–water partition coefficient (Wildman–Crippen LogP) is 4.24. The molecule has 1 aliphatic carbocycles. The molecule has 1 N–H and O–H groups in total. The van der Waals surface area contributed by atoms with Crippen LogP contribution in [0.25, 0.3) is 0 Å². The number of aryl methyl sites for hydroxylation is 1. The second-order valence-corrected chi connectivity index (χ2v) is 6.94. The van der Waals surface area contributed by atoms with Crippen molar-refractivity contribution in [2.45, 2.75) is 45.6 Å². The number of hydrogen-bond donors (Lipinski definition) is 1. The number of hydrogen-bond acceptors (Lipinski definition) is 4. The molecule has 0 amide bonds. The molecule has 0 saturated heterocycles. The molecule has 2 aliphatic rings. The molecular formula is C20H24N2O3. The maximum atomic E-state index is 12.7. The van der Waals surface area contributed by atoms with Gasteiger partial charge in [0, 0.05) is 34.7 Å². The first-order valence-electron chi connectivity index (χ1n) is 8.98. The first-order valence-corrected chi connectivity index (χ1v) is 8.98. The number of fused-ring (bicyclic) bond motifs is 1. The Bertz CT molecular complexity index is 804. The third-order valence-electron chi connectivity index (χ3n) is 5.30. The molecule has 0 unspecified atom stereocenters. The third-order valence-corrected chi connectivity index (χ3v) is 5.30. The number of nitrogens with one attached hydrogen (secondary N) is 1. The predicted molar refractivity (Wildman–Crippen MR) is 96.8 cm³/mol. The minimum absolute atomic E-state index is 0.120. The molecule has 25 heavy (non-hydrogen) atoms. The Morgan fingerprint density at radius 1 is 1.16 bits per heavy atom. The van der Waals surface area contributed by atoms with Crippen molar-refractivity contribution in [2.24, 2.45) is 0 Å². The maximum absolute atomic E-state index is 12.7. The van der Waals surface area contributed by atoms with Gasteiger partial charge in [0.05, 0.1) is 6.54 Å². The van der Waals surface area contributed by atoms with Crippen LogP contribution >= 0.6 is 0 Å². The van der Waals surface area contributed by atoms with Crippen LogP contribution in [0.1, 0.15) is 53.5 Å². The summed E-state index contributed by atoms with van der Waals surface area (Å²) in [6.45, 7) is 4.70. The Kier molecular flexibility index (Phi) is 4.15. The van der Waals surface area contributed by atoms with Crippen molar-refractivity contribution >= 4 is 11.5 Å². The standard InChI is InChI=1S/C20H24N2O3/c1-13-9-17(14(2)22(13)16-5-3-4-6-16)18(23)11-21-15-7-8-19-20(10-15)25-12-24-19/h7-10,16,21H,3-6,11-12H2,1-2H3. The van der Waals surface area contributed by atoms with Crippen molar-refractivity contribution in [3.63, 3.8) is 0 Å². The Balaban J connectivity index is 1.47. The zero-order valence-electron chi connectivity index (χ0n) is 14.8. The minimum atomic E-state index is 0.120. The molecule has 4 rings (SSSR count). The van der Waals surface area contributed by atoms with Crippen molar-refractivity contribution in [3.05, 3.63) is 41.2 Å². The summed E-state index contributed by atoms with van der Waals surface area (Å²) in [6, 6.07) is 8.24. The smallest absolute Gasteiger partial charge is 0.231 e. The fourth-order valence-electron chi connectivity index (χ4n) is 4.07. The summed E-state index contributed by atoms with van der Waals surface area (Å²) in [5, 5.41) is 3.20. The van der Waals surface area contributed by atoms with Crippen LogP contribution in [0.3, 0.4) is 0 Å². The number of ether oxygens (including phenoxy) is 2. The molecule has 1 aliphatic heterocycles. The lowest BCUT2D eigenvalue weighted by molar-refractivity contribution is 0.101. The van der Waals surface area contributed by atoms with Crippen LogP contribution in [0.4, 0.5) is 5.69 Å². The molecule has 1 aromatic heterocycles. The van der Waals surface area contributed by atoms with E-state index in [1.54, 1.807) is 0 Å². The second kappa shape index (κ2) is 6.47. The fraction of sp³-hybridized carbons (Fsp3) is 0.450. The number of anilines is 1. The van der Waals surface area contributed by atoms with Gasteiger partial charge in [-0.3, -0.25) is 4.79 Å². The molecule has 0 spiro atoms. The van der Waals surface area contributed by atoms with Gasteiger partial charge in [-0.15, -0.1) is 0 Å². The van der Waals surface area contributed by atoms with Gasteiger partial charge < -0.3 is 19.4 Å². The molecule has 0 bridgehead atoms. The van der Waals surface area contributed by atoms with Crippen LogP contribution in [-0.4, -0.2) is 23.7 Å². The molecule has 0 radical (unpaired) electrons. The largest absolute Gasteiger partial charge is 0.454 e. The summed E-state index contributed by atoms with van der Waals surface area (Å²) < 4.78 is 13.0. The van der Waals surface area contributed by atoms with Crippen molar-refractivity contribution in [3.8, 4) is 11.5 Å². The van der Waals surface area contributed by atoms with Gasteiger partial charge in [0.1, 0.15) is 0 Å². The summed E-state index contributed by atoms with van der Waals surface area (Å²) in [5.41, 5.74) is 3.98.